The molecule has 2 N–H and O–H groups in total. The number of piperidine rings is 1. The molecular weight excluding hydrogens is 337 g/mol. The topological polar surface area (TPSA) is 106 Å². The lowest BCUT2D eigenvalue weighted by atomic mass is 10.0. The van der Waals surface area contributed by atoms with Gasteiger partial charge in [0, 0.05) is 25.7 Å². The third kappa shape index (κ3) is 3.19. The van der Waals surface area contributed by atoms with E-state index in [1.54, 1.807) is 18.2 Å². The molecule has 8 heteroatoms. The van der Waals surface area contributed by atoms with Crippen molar-refractivity contribution in [1.29, 1.82) is 10.5 Å². The molecule has 0 aromatic heterocycles. The normalized spacial score (nSPS) is 22.6. The molecule has 2 saturated heterocycles. The van der Waals surface area contributed by atoms with Crippen LogP contribution in [0.25, 0.3) is 0 Å². The number of nitrogens with two attached hydrogens (primary N) is 1. The van der Waals surface area contributed by atoms with Crippen molar-refractivity contribution in [2.75, 3.05) is 29.4 Å². The summed E-state index contributed by atoms with van der Waals surface area (Å²) in [5.41, 5.74) is 7.28. The van der Waals surface area contributed by atoms with Gasteiger partial charge in [-0.3, -0.25) is 4.90 Å². The monoisotopic (exact) mass is 355 g/mol. The number of rotatable bonds is 3. The van der Waals surface area contributed by atoms with Crippen LogP contribution in [0.4, 0.5) is 20.6 Å². The molecule has 2 fully saturated rings. The number of cyclic esters (lactones) is 1. The van der Waals surface area contributed by atoms with Crippen LogP contribution in [0.3, 0.4) is 0 Å². The van der Waals surface area contributed by atoms with E-state index in [9.17, 15) is 14.4 Å². The van der Waals surface area contributed by atoms with E-state index in [2.05, 4.69) is 0 Å². The zero-order valence-electron chi connectivity index (χ0n) is 14.1. The molecule has 2 heterocycles. The predicted octanol–water partition coefficient (Wildman–Crippen LogP) is 2.05. The van der Waals surface area contributed by atoms with Gasteiger partial charge in [-0.25, -0.2) is 9.18 Å². The van der Waals surface area contributed by atoms with Crippen LogP contribution in [-0.4, -0.2) is 37.9 Å². The van der Waals surface area contributed by atoms with E-state index in [1.165, 1.54) is 6.07 Å². The van der Waals surface area contributed by atoms with Crippen molar-refractivity contribution in [1.82, 2.24) is 0 Å². The number of allylic oxidation sites excluding steroid dienone is 1. The molecule has 0 aliphatic carbocycles. The van der Waals surface area contributed by atoms with Gasteiger partial charge in [0.15, 0.2) is 12.1 Å². The minimum Gasteiger partial charge on any atom is -0.441 e. The van der Waals surface area contributed by atoms with E-state index in [1.807, 2.05) is 17.0 Å². The molecule has 0 radical (unpaired) electrons. The number of hydrogen-bond acceptors (Lipinski definition) is 6. The lowest BCUT2D eigenvalue weighted by Crippen LogP contribution is -2.38. The number of hydrogen-bond donors (Lipinski definition) is 1. The average molecular weight is 355 g/mol. The second-order valence-corrected chi connectivity index (χ2v) is 6.16. The summed E-state index contributed by atoms with van der Waals surface area (Å²) in [7, 11) is 0. The molecule has 3 rings (SSSR count). The molecule has 1 amide bonds. The first-order valence-electron chi connectivity index (χ1n) is 8.30. The molecule has 0 saturated carbocycles. The summed E-state index contributed by atoms with van der Waals surface area (Å²) < 4.78 is 19.8. The van der Waals surface area contributed by atoms with Gasteiger partial charge in [-0.15, -0.1) is 0 Å². The highest BCUT2D eigenvalue weighted by atomic mass is 19.1. The Morgan fingerprint density at radius 1 is 1.35 bits per heavy atom. The Kier molecular flexibility index (Phi) is 5.06. The SMILES string of the molecule is N#CC=C1CCN(c2ccc(N3C(=O)O[C@@H](CN)C3C#N)cc2F)CC1. The van der Waals surface area contributed by atoms with Crippen LogP contribution in [0.1, 0.15) is 12.8 Å². The standard InChI is InChI=1S/C18H18FN5O2/c19-14-9-13(24-16(10-21)17(11-22)26-18(24)25)1-2-15(14)23-7-4-12(3-6-20)5-8-23/h1-3,9,16-17H,4-5,7-8,11,22H2/t16?,17-/m0/s1. The zero-order chi connectivity index (χ0) is 18.7. The average Bonchev–Trinajstić information content (AvgIpc) is 2.98. The number of nitriles is 2. The third-order valence-corrected chi connectivity index (χ3v) is 4.67. The molecule has 1 aromatic rings. The van der Waals surface area contributed by atoms with Crippen LogP contribution >= 0.6 is 0 Å². The number of amides is 1. The lowest BCUT2D eigenvalue weighted by molar-refractivity contribution is 0.140. The summed E-state index contributed by atoms with van der Waals surface area (Å²) in [5.74, 6) is -0.476. The molecule has 0 bridgehead atoms. The van der Waals surface area contributed by atoms with Crippen LogP contribution in [0.2, 0.25) is 0 Å². The minimum atomic E-state index is -0.883. The number of ether oxygens (including phenoxy) is 1. The van der Waals surface area contributed by atoms with E-state index in [4.69, 9.17) is 15.7 Å². The molecular formula is C18H18FN5O2. The smallest absolute Gasteiger partial charge is 0.416 e. The molecule has 1 aromatic carbocycles. The molecule has 2 aliphatic heterocycles. The fourth-order valence-corrected chi connectivity index (χ4v) is 3.29. The zero-order valence-corrected chi connectivity index (χ0v) is 14.1. The van der Waals surface area contributed by atoms with Crippen molar-refractivity contribution in [3.63, 3.8) is 0 Å². The van der Waals surface area contributed by atoms with Gasteiger partial charge in [-0.05, 0) is 31.0 Å². The summed E-state index contributed by atoms with van der Waals surface area (Å²) in [6.07, 6.45) is 1.53. The first kappa shape index (κ1) is 17.7. The molecule has 1 unspecified atom stereocenters. The second-order valence-electron chi connectivity index (χ2n) is 6.16. The molecule has 134 valence electrons. The van der Waals surface area contributed by atoms with E-state index < -0.39 is 24.1 Å². The maximum Gasteiger partial charge on any atom is 0.416 e. The number of carbonyl (C=O) groups excluding carboxylic acids is 1. The minimum absolute atomic E-state index is 0.0212. The molecule has 0 spiro atoms. The fourth-order valence-electron chi connectivity index (χ4n) is 3.29. The Morgan fingerprint density at radius 3 is 2.65 bits per heavy atom. The van der Waals surface area contributed by atoms with Crippen molar-refractivity contribution < 1.29 is 13.9 Å². The highest BCUT2D eigenvalue weighted by Gasteiger charge is 2.42. The van der Waals surface area contributed by atoms with E-state index in [0.29, 0.717) is 31.6 Å². The number of nitrogens with zero attached hydrogens (tertiary/aromatic N) is 4. The lowest BCUT2D eigenvalue weighted by Gasteiger charge is -2.31. The van der Waals surface area contributed by atoms with Crippen molar-refractivity contribution >= 4 is 17.5 Å². The maximum absolute atomic E-state index is 14.7. The first-order chi connectivity index (χ1) is 12.6. The Hall–Kier alpha value is -3.10. The number of anilines is 2. The van der Waals surface area contributed by atoms with Crippen LogP contribution in [0.15, 0.2) is 29.8 Å². The Balaban J connectivity index is 1.81. The van der Waals surface area contributed by atoms with Gasteiger partial charge in [0.25, 0.3) is 0 Å². The highest BCUT2D eigenvalue weighted by Crippen LogP contribution is 2.32. The van der Waals surface area contributed by atoms with Crippen LogP contribution < -0.4 is 15.5 Å². The summed E-state index contributed by atoms with van der Waals surface area (Å²) in [6.45, 7) is 1.25. The van der Waals surface area contributed by atoms with E-state index in [-0.39, 0.29) is 12.2 Å². The fraction of sp³-hybridized carbons (Fsp3) is 0.389. The Morgan fingerprint density at radius 2 is 2.08 bits per heavy atom. The molecule has 7 nitrogen and oxygen atoms in total. The first-order valence-corrected chi connectivity index (χ1v) is 8.30. The van der Waals surface area contributed by atoms with E-state index >= 15 is 0 Å². The van der Waals surface area contributed by atoms with Gasteiger partial charge in [0.1, 0.15) is 5.82 Å². The summed E-state index contributed by atoms with van der Waals surface area (Å²) in [5, 5.41) is 18.0. The number of halogens is 1. The van der Waals surface area contributed by atoms with Gasteiger partial charge in [0.05, 0.1) is 23.5 Å². The Labute approximate surface area is 150 Å². The van der Waals surface area contributed by atoms with Crippen molar-refractivity contribution in [2.45, 2.75) is 25.0 Å². The van der Waals surface area contributed by atoms with E-state index in [0.717, 1.165) is 10.5 Å². The quantitative estimate of drug-likeness (QED) is 0.832. The molecule has 2 atom stereocenters. The third-order valence-electron chi connectivity index (χ3n) is 4.67. The Bertz CT molecular complexity index is 816. The molecule has 26 heavy (non-hydrogen) atoms. The van der Waals surface area contributed by atoms with Gasteiger partial charge >= 0.3 is 6.09 Å². The van der Waals surface area contributed by atoms with Gasteiger partial charge in [-0.2, -0.15) is 10.5 Å². The number of benzene rings is 1. The van der Waals surface area contributed by atoms with Crippen molar-refractivity contribution in [3.8, 4) is 12.1 Å². The number of carbonyl (C=O) groups is 1. The maximum atomic E-state index is 14.7. The second kappa shape index (κ2) is 7.42. The van der Waals surface area contributed by atoms with Crippen molar-refractivity contribution in [2.24, 2.45) is 5.73 Å². The van der Waals surface area contributed by atoms with Crippen LogP contribution in [-0.2, 0) is 4.74 Å². The molecule has 2 aliphatic rings. The summed E-state index contributed by atoms with van der Waals surface area (Å²) in [4.78, 5) is 15.1. The predicted molar refractivity (Wildman–Crippen MR) is 92.7 cm³/mol. The van der Waals surface area contributed by atoms with Gasteiger partial charge in [0.2, 0.25) is 0 Å². The largest absolute Gasteiger partial charge is 0.441 e. The van der Waals surface area contributed by atoms with Crippen molar-refractivity contribution in [3.05, 3.63) is 35.7 Å². The summed E-state index contributed by atoms with van der Waals surface area (Å²) in [6, 6.07) is 7.57. The van der Waals surface area contributed by atoms with Crippen LogP contribution in [0, 0.1) is 28.5 Å². The van der Waals surface area contributed by atoms with Gasteiger partial charge < -0.3 is 15.4 Å². The summed E-state index contributed by atoms with van der Waals surface area (Å²) >= 11 is 0. The van der Waals surface area contributed by atoms with Crippen LogP contribution in [0.5, 0.6) is 0 Å². The highest BCUT2D eigenvalue weighted by molar-refractivity contribution is 5.91. The van der Waals surface area contributed by atoms with Gasteiger partial charge in [-0.1, -0.05) is 5.57 Å².